The Morgan fingerprint density at radius 2 is 2.09 bits per heavy atom. The molecule has 0 aromatic carbocycles. The number of hydrogen-bond donors (Lipinski definition) is 2. The van der Waals surface area contributed by atoms with Gasteiger partial charge in [-0.3, -0.25) is 5.10 Å². The predicted molar refractivity (Wildman–Crippen MR) is 129 cm³/mol. The average Bonchev–Trinajstić information content (AvgIpc) is 3.66. The van der Waals surface area contributed by atoms with Crippen molar-refractivity contribution in [1.82, 2.24) is 39.9 Å². The van der Waals surface area contributed by atoms with E-state index >= 15 is 0 Å². The molecule has 0 amide bonds. The van der Waals surface area contributed by atoms with Crippen molar-refractivity contribution in [3.8, 4) is 22.5 Å². The van der Waals surface area contributed by atoms with Crippen LogP contribution >= 0.6 is 0 Å². The number of rotatable bonds is 4. The van der Waals surface area contributed by atoms with Crippen molar-refractivity contribution in [3.05, 3.63) is 41.6 Å². The van der Waals surface area contributed by atoms with Crippen molar-refractivity contribution in [3.63, 3.8) is 0 Å². The molecule has 3 aliphatic heterocycles. The first-order chi connectivity index (χ1) is 17.1. The van der Waals surface area contributed by atoms with Crippen molar-refractivity contribution >= 4 is 5.65 Å². The summed E-state index contributed by atoms with van der Waals surface area (Å²) >= 11 is 0. The second-order valence-electron chi connectivity index (χ2n) is 10.0. The second kappa shape index (κ2) is 7.97. The number of ether oxygens (including phenoxy) is 2. The summed E-state index contributed by atoms with van der Waals surface area (Å²) in [6.45, 7) is 6.48. The fraction of sp³-hybridized carbons (Fsp3) is 0.520. The topological polar surface area (TPSA) is 107 Å². The molecule has 4 aromatic rings. The van der Waals surface area contributed by atoms with Crippen LogP contribution in [0.4, 0.5) is 0 Å². The molecule has 0 spiro atoms. The van der Waals surface area contributed by atoms with Crippen molar-refractivity contribution in [2.24, 2.45) is 0 Å². The highest BCUT2D eigenvalue weighted by molar-refractivity contribution is 5.78. The monoisotopic (exact) mass is 474 g/mol. The predicted octanol–water partition coefficient (Wildman–Crippen LogP) is 3.28. The Bertz CT molecular complexity index is 1370. The first-order valence-corrected chi connectivity index (χ1v) is 12.6. The van der Waals surface area contributed by atoms with Crippen LogP contribution in [0.15, 0.2) is 24.5 Å². The van der Waals surface area contributed by atoms with E-state index in [1.54, 1.807) is 0 Å². The summed E-state index contributed by atoms with van der Waals surface area (Å²) in [4.78, 5) is 5.22. The lowest BCUT2D eigenvalue weighted by Gasteiger charge is -2.34. The molecule has 3 saturated heterocycles. The van der Waals surface area contributed by atoms with E-state index in [1.807, 2.05) is 41.5 Å². The van der Waals surface area contributed by atoms with Gasteiger partial charge in [0.05, 0.1) is 40.6 Å². The molecule has 7 rings (SSSR count). The third-order valence-electron chi connectivity index (χ3n) is 7.74. The minimum atomic E-state index is -0.431. The molecule has 0 aliphatic carbocycles. The van der Waals surface area contributed by atoms with E-state index in [0.717, 1.165) is 97.0 Å². The summed E-state index contributed by atoms with van der Waals surface area (Å²) in [5, 5.41) is 20.6. The van der Waals surface area contributed by atoms with Gasteiger partial charge in [-0.05, 0) is 58.1 Å². The number of aryl methyl sites for hydroxylation is 2. The number of morpholine rings is 1. The first-order valence-electron chi connectivity index (χ1n) is 12.6. The van der Waals surface area contributed by atoms with Gasteiger partial charge in [-0.1, -0.05) is 0 Å². The van der Waals surface area contributed by atoms with Gasteiger partial charge < -0.3 is 14.8 Å². The largest absolute Gasteiger partial charge is 0.363 e. The van der Waals surface area contributed by atoms with Crippen LogP contribution in [0, 0.1) is 13.8 Å². The van der Waals surface area contributed by atoms with E-state index in [-0.39, 0.29) is 12.3 Å². The van der Waals surface area contributed by atoms with Gasteiger partial charge in [0.25, 0.3) is 0 Å². The zero-order chi connectivity index (χ0) is 23.6. The summed E-state index contributed by atoms with van der Waals surface area (Å²) < 4.78 is 16.5. The molecule has 2 bridgehead atoms. The molecule has 10 nitrogen and oxygen atoms in total. The Kier molecular flexibility index (Phi) is 4.83. The number of H-pyrrole nitrogens is 1. The molecule has 3 unspecified atom stereocenters. The summed E-state index contributed by atoms with van der Waals surface area (Å²) in [5.41, 5.74) is 7.16. The van der Waals surface area contributed by atoms with Gasteiger partial charge in [-0.25, -0.2) is 14.2 Å². The average molecular weight is 475 g/mol. The zero-order valence-corrected chi connectivity index (χ0v) is 20.1. The Balaban J connectivity index is 1.44. The van der Waals surface area contributed by atoms with Crippen LogP contribution in [0.1, 0.15) is 55.4 Å². The Hall–Kier alpha value is -3.08. The number of nitrogens with one attached hydrogen (secondary N) is 2. The molecule has 3 fully saturated rings. The maximum absolute atomic E-state index is 6.56. The Labute approximate surface area is 203 Å². The minimum Gasteiger partial charge on any atom is -0.363 e. The number of aromatic nitrogens is 7. The smallest absolute Gasteiger partial charge is 0.165 e. The van der Waals surface area contributed by atoms with Crippen LogP contribution < -0.4 is 5.32 Å². The molecular weight excluding hydrogens is 444 g/mol. The van der Waals surface area contributed by atoms with Crippen LogP contribution in [0.2, 0.25) is 0 Å². The minimum absolute atomic E-state index is 0.0650. The third-order valence-corrected chi connectivity index (χ3v) is 7.74. The van der Waals surface area contributed by atoms with E-state index in [0.29, 0.717) is 0 Å². The van der Waals surface area contributed by atoms with E-state index in [4.69, 9.17) is 19.6 Å². The zero-order valence-electron chi connectivity index (χ0n) is 20.1. The lowest BCUT2D eigenvalue weighted by molar-refractivity contribution is -0.0711. The van der Waals surface area contributed by atoms with Crippen LogP contribution in [0.25, 0.3) is 28.2 Å². The second-order valence-corrected chi connectivity index (χ2v) is 10.0. The molecule has 0 saturated carbocycles. The SMILES string of the molecule is Cc1n[nH]c(C)c1-c1cc(C23CCC(CNC2)O3)nc2c(-c3ccnn3C3CCCCO3)cnn12. The fourth-order valence-electron chi connectivity index (χ4n) is 5.98. The van der Waals surface area contributed by atoms with E-state index in [9.17, 15) is 0 Å². The van der Waals surface area contributed by atoms with Gasteiger partial charge in [0, 0.05) is 37.2 Å². The molecule has 4 aromatic heterocycles. The van der Waals surface area contributed by atoms with E-state index in [2.05, 4.69) is 26.7 Å². The summed E-state index contributed by atoms with van der Waals surface area (Å²) in [6.07, 6.45) is 9.07. The van der Waals surface area contributed by atoms with Crippen LogP contribution in [-0.4, -0.2) is 60.4 Å². The van der Waals surface area contributed by atoms with Gasteiger partial charge in [-0.2, -0.15) is 15.3 Å². The number of fused-ring (bicyclic) bond motifs is 3. The van der Waals surface area contributed by atoms with Gasteiger partial charge >= 0.3 is 0 Å². The molecule has 3 aliphatic rings. The molecule has 7 heterocycles. The summed E-state index contributed by atoms with van der Waals surface area (Å²) in [7, 11) is 0. The Morgan fingerprint density at radius 1 is 1.14 bits per heavy atom. The molecule has 2 N–H and O–H groups in total. The number of nitrogens with zero attached hydrogens (tertiary/aromatic N) is 6. The molecule has 10 heteroatoms. The maximum Gasteiger partial charge on any atom is 0.165 e. The highest BCUT2D eigenvalue weighted by atomic mass is 16.5. The normalized spacial score (nSPS) is 26.6. The van der Waals surface area contributed by atoms with Gasteiger partial charge in [0.15, 0.2) is 11.9 Å². The molecule has 35 heavy (non-hydrogen) atoms. The first kappa shape index (κ1) is 21.2. The molecular formula is C25H30N8O2. The van der Waals surface area contributed by atoms with Gasteiger partial charge in [0.1, 0.15) is 5.60 Å². The van der Waals surface area contributed by atoms with Crippen LogP contribution in [0.3, 0.4) is 0 Å². The van der Waals surface area contributed by atoms with Gasteiger partial charge in [0.2, 0.25) is 0 Å². The molecule has 3 atom stereocenters. The quantitative estimate of drug-likeness (QED) is 0.467. The van der Waals surface area contributed by atoms with E-state index in [1.165, 1.54) is 0 Å². The van der Waals surface area contributed by atoms with Crippen molar-refractivity contribution < 1.29 is 9.47 Å². The number of hydrogen-bond acceptors (Lipinski definition) is 7. The van der Waals surface area contributed by atoms with Crippen molar-refractivity contribution in [2.45, 2.75) is 63.9 Å². The summed E-state index contributed by atoms with van der Waals surface area (Å²) in [5.74, 6) is 0. The van der Waals surface area contributed by atoms with Crippen molar-refractivity contribution in [1.29, 1.82) is 0 Å². The molecule has 0 radical (unpaired) electrons. The number of aromatic amines is 1. The third kappa shape index (κ3) is 3.27. The Morgan fingerprint density at radius 3 is 2.91 bits per heavy atom. The van der Waals surface area contributed by atoms with Crippen molar-refractivity contribution in [2.75, 3.05) is 19.7 Å². The lowest BCUT2D eigenvalue weighted by Crippen LogP contribution is -2.46. The highest BCUT2D eigenvalue weighted by Gasteiger charge is 2.46. The van der Waals surface area contributed by atoms with Crippen LogP contribution in [-0.2, 0) is 15.1 Å². The lowest BCUT2D eigenvalue weighted by atomic mass is 9.94. The molecule has 182 valence electrons. The van der Waals surface area contributed by atoms with E-state index < -0.39 is 5.60 Å². The standard InChI is InChI=1S/C25H30N8O2/c1-15-23(16(2)31-30-15)20-11-21(25-8-6-17(35-25)12-26-14-25)29-24-18(13-28-33(20)24)19-7-9-27-32(19)22-5-3-4-10-34-22/h7,9,11,13,17,22,26H,3-6,8,10,12,14H2,1-2H3,(H,30,31). The summed E-state index contributed by atoms with van der Waals surface area (Å²) in [6, 6.07) is 4.17. The highest BCUT2D eigenvalue weighted by Crippen LogP contribution is 2.42. The van der Waals surface area contributed by atoms with Crippen LogP contribution in [0.5, 0.6) is 0 Å². The van der Waals surface area contributed by atoms with Gasteiger partial charge in [-0.15, -0.1) is 0 Å². The fourth-order valence-corrected chi connectivity index (χ4v) is 5.98. The maximum atomic E-state index is 6.56.